The summed E-state index contributed by atoms with van der Waals surface area (Å²) in [5, 5.41) is 0. The Morgan fingerprint density at radius 2 is 2.00 bits per heavy atom. The predicted octanol–water partition coefficient (Wildman–Crippen LogP) is 3.13. The molecule has 1 aromatic heterocycles. The Hall–Kier alpha value is -2.39. The fourth-order valence-electron chi connectivity index (χ4n) is 4.18. The van der Waals surface area contributed by atoms with E-state index in [1.165, 1.54) is 16.7 Å². The van der Waals surface area contributed by atoms with Crippen LogP contribution < -0.4 is 11.3 Å². The summed E-state index contributed by atoms with van der Waals surface area (Å²) in [6.07, 6.45) is 6.04. The number of fused-ring (bicyclic) bond motifs is 4. The maximum absolute atomic E-state index is 11.7. The van der Waals surface area contributed by atoms with E-state index >= 15 is 0 Å². The molecule has 0 unspecified atom stereocenters. The number of pyridine rings is 1. The van der Waals surface area contributed by atoms with Crippen LogP contribution in [-0.2, 0) is 12.0 Å². The summed E-state index contributed by atoms with van der Waals surface area (Å²) in [6, 6.07) is 13.9. The monoisotopic (exact) mass is 304 g/mol. The molecule has 1 aromatic carbocycles. The summed E-state index contributed by atoms with van der Waals surface area (Å²) < 4.78 is 0. The first-order chi connectivity index (χ1) is 11.1. The largest absolute Gasteiger partial charge is 0.326 e. The van der Waals surface area contributed by atoms with E-state index in [1.807, 2.05) is 12.1 Å². The van der Waals surface area contributed by atoms with Crippen molar-refractivity contribution in [1.29, 1.82) is 0 Å². The third-order valence-electron chi connectivity index (χ3n) is 5.15. The second-order valence-corrected chi connectivity index (χ2v) is 6.48. The molecule has 0 saturated carbocycles. The van der Waals surface area contributed by atoms with Gasteiger partial charge in [0.2, 0.25) is 5.56 Å². The highest BCUT2D eigenvalue weighted by Crippen LogP contribution is 2.49. The van der Waals surface area contributed by atoms with Gasteiger partial charge < -0.3 is 10.7 Å². The molecule has 2 bridgehead atoms. The number of allylic oxidation sites excluding steroid dienone is 2. The summed E-state index contributed by atoms with van der Waals surface area (Å²) in [6.45, 7) is 2.06. The highest BCUT2D eigenvalue weighted by Gasteiger charge is 2.44. The molecule has 2 aromatic rings. The molecule has 0 aliphatic heterocycles. The average Bonchev–Trinajstić information content (AvgIpc) is 2.54. The van der Waals surface area contributed by atoms with Crippen molar-refractivity contribution in [2.24, 2.45) is 11.7 Å². The SMILES string of the molecule is C/C=C1\[C@H]2C=C(c3ccccc3)C[C@@]1(N)c1ccc(=O)[nH]c1C2. The van der Waals surface area contributed by atoms with Gasteiger partial charge in [-0.25, -0.2) is 0 Å². The highest BCUT2D eigenvalue weighted by atomic mass is 16.1. The minimum absolute atomic E-state index is 0.0541. The van der Waals surface area contributed by atoms with Gasteiger partial charge in [0, 0.05) is 17.7 Å². The van der Waals surface area contributed by atoms with Gasteiger partial charge in [-0.1, -0.05) is 42.5 Å². The number of rotatable bonds is 1. The van der Waals surface area contributed by atoms with Crippen molar-refractivity contribution in [1.82, 2.24) is 4.98 Å². The topological polar surface area (TPSA) is 58.9 Å². The van der Waals surface area contributed by atoms with E-state index in [0.717, 1.165) is 24.1 Å². The van der Waals surface area contributed by atoms with Crippen molar-refractivity contribution in [2.75, 3.05) is 0 Å². The molecular weight excluding hydrogens is 284 g/mol. The zero-order chi connectivity index (χ0) is 16.0. The number of aromatic amines is 1. The third kappa shape index (κ3) is 2.12. The van der Waals surface area contributed by atoms with Gasteiger partial charge in [0.15, 0.2) is 0 Å². The van der Waals surface area contributed by atoms with Crippen LogP contribution in [0.4, 0.5) is 0 Å². The Kier molecular flexibility index (Phi) is 3.13. The van der Waals surface area contributed by atoms with E-state index in [2.05, 4.69) is 48.3 Å². The molecule has 0 spiro atoms. The van der Waals surface area contributed by atoms with Crippen LogP contribution in [0.5, 0.6) is 0 Å². The van der Waals surface area contributed by atoms with E-state index in [9.17, 15) is 4.79 Å². The zero-order valence-electron chi connectivity index (χ0n) is 13.2. The molecule has 0 radical (unpaired) electrons. The minimum Gasteiger partial charge on any atom is -0.326 e. The lowest BCUT2D eigenvalue weighted by Crippen LogP contribution is -2.48. The van der Waals surface area contributed by atoms with Gasteiger partial charge in [0.05, 0.1) is 5.54 Å². The number of hydrogen-bond donors (Lipinski definition) is 2. The minimum atomic E-state index is -0.531. The highest BCUT2D eigenvalue weighted by molar-refractivity contribution is 5.72. The van der Waals surface area contributed by atoms with Gasteiger partial charge in [-0.3, -0.25) is 4.79 Å². The van der Waals surface area contributed by atoms with Crippen molar-refractivity contribution in [3.63, 3.8) is 0 Å². The smallest absolute Gasteiger partial charge is 0.248 e. The van der Waals surface area contributed by atoms with Crippen molar-refractivity contribution in [3.8, 4) is 0 Å². The first-order valence-electron chi connectivity index (χ1n) is 8.06. The quantitative estimate of drug-likeness (QED) is 0.795. The first-order valence-corrected chi connectivity index (χ1v) is 8.06. The van der Waals surface area contributed by atoms with E-state index in [0.29, 0.717) is 0 Å². The molecular formula is C20H20N2O. The number of H-pyrrole nitrogens is 1. The molecule has 116 valence electrons. The van der Waals surface area contributed by atoms with E-state index < -0.39 is 5.54 Å². The summed E-state index contributed by atoms with van der Waals surface area (Å²) in [4.78, 5) is 14.7. The lowest BCUT2D eigenvalue weighted by atomic mass is 9.62. The molecule has 3 heteroatoms. The van der Waals surface area contributed by atoms with Crippen LogP contribution in [-0.4, -0.2) is 4.98 Å². The molecule has 0 saturated heterocycles. The Balaban J connectivity index is 1.90. The molecule has 0 fully saturated rings. The molecule has 3 nitrogen and oxygen atoms in total. The second kappa shape index (κ2) is 5.07. The van der Waals surface area contributed by atoms with Crippen LogP contribution in [0, 0.1) is 5.92 Å². The van der Waals surface area contributed by atoms with Crippen molar-refractivity contribution < 1.29 is 0 Å². The van der Waals surface area contributed by atoms with E-state index in [1.54, 1.807) is 6.07 Å². The van der Waals surface area contributed by atoms with Gasteiger partial charge in [-0.15, -0.1) is 0 Å². The molecule has 2 aliphatic carbocycles. The van der Waals surface area contributed by atoms with E-state index in [-0.39, 0.29) is 11.5 Å². The third-order valence-corrected chi connectivity index (χ3v) is 5.15. The zero-order valence-corrected chi connectivity index (χ0v) is 13.2. The van der Waals surface area contributed by atoms with Crippen molar-refractivity contribution in [2.45, 2.75) is 25.3 Å². The Labute approximate surface area is 135 Å². The van der Waals surface area contributed by atoms with Gasteiger partial charge in [0.1, 0.15) is 0 Å². The summed E-state index contributed by atoms with van der Waals surface area (Å²) >= 11 is 0. The first kappa shape index (κ1) is 14.2. The molecule has 0 amide bonds. The lowest BCUT2D eigenvalue weighted by molar-refractivity contribution is 0.429. The number of nitrogens with one attached hydrogen (secondary N) is 1. The number of aromatic nitrogens is 1. The molecule has 3 N–H and O–H groups in total. The van der Waals surface area contributed by atoms with Crippen molar-refractivity contribution in [3.05, 3.63) is 87.4 Å². The predicted molar refractivity (Wildman–Crippen MR) is 92.9 cm³/mol. The Morgan fingerprint density at radius 3 is 2.74 bits per heavy atom. The number of nitrogens with two attached hydrogens (primary N) is 1. The van der Waals surface area contributed by atoms with Crippen LogP contribution in [0.15, 0.2) is 65.0 Å². The molecule has 1 heterocycles. The number of benzene rings is 1. The van der Waals surface area contributed by atoms with Crippen LogP contribution >= 0.6 is 0 Å². The maximum atomic E-state index is 11.7. The summed E-state index contributed by atoms with van der Waals surface area (Å²) in [7, 11) is 0. The van der Waals surface area contributed by atoms with Crippen molar-refractivity contribution >= 4 is 5.57 Å². The molecule has 23 heavy (non-hydrogen) atoms. The summed E-state index contributed by atoms with van der Waals surface area (Å²) in [5.41, 5.74) is 12.2. The summed E-state index contributed by atoms with van der Waals surface area (Å²) in [5.74, 6) is 0.250. The van der Waals surface area contributed by atoms with Crippen LogP contribution in [0.25, 0.3) is 5.57 Å². The van der Waals surface area contributed by atoms with Gasteiger partial charge in [-0.05, 0) is 48.1 Å². The lowest BCUT2D eigenvalue weighted by Gasteiger charge is -2.45. The standard InChI is InChI=1S/C20H20N2O/c1-2-16-14-10-15(13-6-4-3-5-7-13)12-20(16,21)17-8-9-19(23)22-18(17)11-14/h2-10,14H,11-12,21H2,1H3,(H,22,23)/b16-2+/t14-,20-/m0/s1. The fourth-order valence-corrected chi connectivity index (χ4v) is 4.18. The Morgan fingerprint density at radius 1 is 1.22 bits per heavy atom. The van der Waals surface area contributed by atoms with Gasteiger partial charge in [-0.2, -0.15) is 0 Å². The van der Waals surface area contributed by atoms with E-state index in [4.69, 9.17) is 5.73 Å². The van der Waals surface area contributed by atoms with Crippen LogP contribution in [0.2, 0.25) is 0 Å². The fraction of sp³-hybridized carbons (Fsp3) is 0.250. The molecule has 4 rings (SSSR count). The van der Waals surface area contributed by atoms with Gasteiger partial charge >= 0.3 is 0 Å². The number of hydrogen-bond acceptors (Lipinski definition) is 2. The average molecular weight is 304 g/mol. The molecule has 2 aliphatic rings. The van der Waals surface area contributed by atoms with Gasteiger partial charge in [0.25, 0.3) is 0 Å². The van der Waals surface area contributed by atoms with Crippen LogP contribution in [0.1, 0.15) is 30.2 Å². The maximum Gasteiger partial charge on any atom is 0.248 e. The van der Waals surface area contributed by atoms with Crippen LogP contribution in [0.3, 0.4) is 0 Å². The second-order valence-electron chi connectivity index (χ2n) is 6.48. The Bertz CT molecular complexity index is 876. The normalized spacial score (nSPS) is 27.5. The molecule has 2 atom stereocenters.